The van der Waals surface area contributed by atoms with Gasteiger partial charge in [0, 0.05) is 6.20 Å². The highest BCUT2D eigenvalue weighted by atomic mass is 16.6. The monoisotopic (exact) mass is 241 g/mol. The van der Waals surface area contributed by atoms with Gasteiger partial charge in [-0.1, -0.05) is 6.92 Å². The average molecular weight is 241 g/mol. The summed E-state index contributed by atoms with van der Waals surface area (Å²) in [6.45, 7) is 7.04. The van der Waals surface area contributed by atoms with Crippen molar-refractivity contribution < 1.29 is 14.3 Å². The first-order chi connectivity index (χ1) is 7.67. The summed E-state index contributed by atoms with van der Waals surface area (Å²) in [5, 5.41) is 2.54. The van der Waals surface area contributed by atoms with Crippen LogP contribution in [-0.2, 0) is 4.74 Å². The topological polar surface area (TPSA) is 84.7 Å². The van der Waals surface area contributed by atoms with Gasteiger partial charge in [-0.05, 0) is 33.3 Å². The standard InChI is InChI=1S/C11H19N3O3/c1-5-11(12)6-7-14(8(15)13-11)9(16)17-10(2,3)4/h6-7H,5,12H2,1-4H3,(H,13,15). The molecule has 17 heavy (non-hydrogen) atoms. The Balaban J connectivity index is 2.78. The molecule has 0 bridgehead atoms. The average Bonchev–Trinajstić information content (AvgIpc) is 2.14. The van der Waals surface area contributed by atoms with Crippen LogP contribution in [0, 0.1) is 0 Å². The highest BCUT2D eigenvalue weighted by molar-refractivity contribution is 5.93. The summed E-state index contributed by atoms with van der Waals surface area (Å²) in [5.74, 6) is 0. The molecule has 0 aliphatic carbocycles. The number of rotatable bonds is 1. The molecule has 6 heteroatoms. The van der Waals surface area contributed by atoms with Crippen LogP contribution in [0.2, 0.25) is 0 Å². The molecule has 0 radical (unpaired) electrons. The molecule has 0 saturated heterocycles. The second-order valence-corrected chi connectivity index (χ2v) is 4.99. The Morgan fingerprint density at radius 1 is 1.59 bits per heavy atom. The zero-order valence-corrected chi connectivity index (χ0v) is 10.6. The molecule has 3 amide bonds. The van der Waals surface area contributed by atoms with E-state index in [1.54, 1.807) is 26.8 Å². The number of carbonyl (C=O) groups is 2. The van der Waals surface area contributed by atoms with E-state index in [1.165, 1.54) is 6.20 Å². The van der Waals surface area contributed by atoms with Gasteiger partial charge >= 0.3 is 12.1 Å². The van der Waals surface area contributed by atoms with Crippen LogP contribution in [0.3, 0.4) is 0 Å². The molecule has 0 fully saturated rings. The number of nitrogens with zero attached hydrogens (tertiary/aromatic N) is 1. The van der Waals surface area contributed by atoms with Gasteiger partial charge in [0.2, 0.25) is 0 Å². The van der Waals surface area contributed by atoms with Crippen LogP contribution in [0.25, 0.3) is 0 Å². The first-order valence-corrected chi connectivity index (χ1v) is 5.49. The Bertz CT molecular complexity index is 359. The van der Waals surface area contributed by atoms with Gasteiger partial charge in [-0.15, -0.1) is 0 Å². The molecule has 1 unspecified atom stereocenters. The highest BCUT2D eigenvalue weighted by Gasteiger charge is 2.34. The van der Waals surface area contributed by atoms with Crippen molar-refractivity contribution in [1.82, 2.24) is 10.2 Å². The van der Waals surface area contributed by atoms with Crippen molar-refractivity contribution in [2.75, 3.05) is 0 Å². The quantitative estimate of drug-likeness (QED) is 0.729. The Morgan fingerprint density at radius 3 is 2.59 bits per heavy atom. The van der Waals surface area contributed by atoms with E-state index in [2.05, 4.69) is 5.32 Å². The van der Waals surface area contributed by atoms with Gasteiger partial charge in [0.1, 0.15) is 11.3 Å². The molecule has 1 aliphatic heterocycles. The number of hydrogen-bond donors (Lipinski definition) is 2. The molecule has 1 heterocycles. The van der Waals surface area contributed by atoms with Gasteiger partial charge in [-0.2, -0.15) is 0 Å². The van der Waals surface area contributed by atoms with Gasteiger partial charge in [-0.25, -0.2) is 14.5 Å². The number of nitrogens with one attached hydrogen (secondary N) is 1. The third kappa shape index (κ3) is 3.45. The van der Waals surface area contributed by atoms with E-state index < -0.39 is 23.4 Å². The Kier molecular flexibility index (Phi) is 3.47. The summed E-state index contributed by atoms with van der Waals surface area (Å²) < 4.78 is 5.08. The largest absolute Gasteiger partial charge is 0.443 e. The minimum atomic E-state index is -0.893. The summed E-state index contributed by atoms with van der Waals surface area (Å²) in [5.41, 5.74) is 4.30. The number of hydrogen-bond acceptors (Lipinski definition) is 4. The number of urea groups is 1. The maximum absolute atomic E-state index is 11.7. The fraction of sp³-hybridized carbons (Fsp3) is 0.636. The van der Waals surface area contributed by atoms with Gasteiger partial charge < -0.3 is 15.8 Å². The zero-order chi connectivity index (χ0) is 13.3. The smallest absolute Gasteiger partial charge is 0.422 e. The lowest BCUT2D eigenvalue weighted by Gasteiger charge is -2.33. The van der Waals surface area contributed by atoms with Crippen LogP contribution in [0.15, 0.2) is 12.3 Å². The first kappa shape index (κ1) is 13.5. The molecule has 3 N–H and O–H groups in total. The van der Waals surface area contributed by atoms with Crippen molar-refractivity contribution in [3.63, 3.8) is 0 Å². The summed E-state index contributed by atoms with van der Waals surface area (Å²) in [6, 6.07) is -0.578. The zero-order valence-electron chi connectivity index (χ0n) is 10.6. The van der Waals surface area contributed by atoms with Crippen LogP contribution in [0.5, 0.6) is 0 Å². The molecule has 0 aromatic rings. The lowest BCUT2D eigenvalue weighted by molar-refractivity contribution is 0.0375. The number of imide groups is 1. The molecule has 1 aliphatic rings. The summed E-state index contributed by atoms with van der Waals surface area (Å²) in [4.78, 5) is 24.2. The van der Waals surface area contributed by atoms with E-state index in [9.17, 15) is 9.59 Å². The summed E-state index contributed by atoms with van der Waals surface area (Å²) >= 11 is 0. The number of carbonyl (C=O) groups excluding carboxylic acids is 2. The van der Waals surface area contributed by atoms with Crippen molar-refractivity contribution in [2.24, 2.45) is 5.73 Å². The lowest BCUT2D eigenvalue weighted by atomic mass is 10.1. The predicted octanol–water partition coefficient (Wildman–Crippen LogP) is 1.53. The minimum absolute atomic E-state index is 0.539. The van der Waals surface area contributed by atoms with E-state index in [-0.39, 0.29) is 0 Å². The molecule has 1 atom stereocenters. The molecule has 6 nitrogen and oxygen atoms in total. The third-order valence-corrected chi connectivity index (χ3v) is 2.25. The molecule has 96 valence electrons. The highest BCUT2D eigenvalue weighted by Crippen LogP contribution is 2.15. The van der Waals surface area contributed by atoms with E-state index in [0.717, 1.165) is 4.90 Å². The molecule has 0 spiro atoms. The molecule has 0 aromatic heterocycles. The Hall–Kier alpha value is -1.56. The molecule has 1 rings (SSSR count). The van der Waals surface area contributed by atoms with Crippen LogP contribution in [0.1, 0.15) is 34.1 Å². The minimum Gasteiger partial charge on any atom is -0.443 e. The SMILES string of the molecule is CCC1(N)C=CN(C(=O)OC(C)(C)C)C(=O)N1. The fourth-order valence-corrected chi connectivity index (χ4v) is 1.24. The van der Waals surface area contributed by atoms with Gasteiger partial charge in [0.15, 0.2) is 0 Å². The van der Waals surface area contributed by atoms with Crippen LogP contribution in [-0.4, -0.2) is 28.3 Å². The second kappa shape index (κ2) is 4.37. The van der Waals surface area contributed by atoms with Crippen molar-refractivity contribution in [3.8, 4) is 0 Å². The first-order valence-electron chi connectivity index (χ1n) is 5.49. The van der Waals surface area contributed by atoms with Crippen LogP contribution in [0.4, 0.5) is 9.59 Å². The fourth-order valence-electron chi connectivity index (χ4n) is 1.24. The van der Waals surface area contributed by atoms with Crippen molar-refractivity contribution in [2.45, 2.75) is 45.4 Å². The van der Waals surface area contributed by atoms with Crippen LogP contribution < -0.4 is 11.1 Å². The second-order valence-electron chi connectivity index (χ2n) is 4.99. The maximum Gasteiger partial charge on any atom is 0.422 e. The van der Waals surface area contributed by atoms with E-state index >= 15 is 0 Å². The van der Waals surface area contributed by atoms with Gasteiger partial charge in [-0.3, -0.25) is 0 Å². The van der Waals surface area contributed by atoms with E-state index in [4.69, 9.17) is 10.5 Å². The normalized spacial score (nSPS) is 24.5. The molecular weight excluding hydrogens is 222 g/mol. The lowest BCUT2D eigenvalue weighted by Crippen LogP contribution is -2.60. The van der Waals surface area contributed by atoms with Crippen molar-refractivity contribution in [3.05, 3.63) is 12.3 Å². The van der Waals surface area contributed by atoms with Gasteiger partial charge in [0.25, 0.3) is 0 Å². The van der Waals surface area contributed by atoms with E-state index in [0.29, 0.717) is 6.42 Å². The summed E-state index contributed by atoms with van der Waals surface area (Å²) in [7, 11) is 0. The summed E-state index contributed by atoms with van der Waals surface area (Å²) in [6.07, 6.45) is 2.73. The third-order valence-electron chi connectivity index (χ3n) is 2.25. The Labute approximate surface area is 101 Å². The number of nitrogens with two attached hydrogens (primary N) is 1. The number of ether oxygens (including phenoxy) is 1. The molecule has 0 aromatic carbocycles. The van der Waals surface area contributed by atoms with Crippen molar-refractivity contribution in [1.29, 1.82) is 0 Å². The number of amides is 3. The molecular formula is C11H19N3O3. The maximum atomic E-state index is 11.7. The molecule has 0 saturated carbocycles. The Morgan fingerprint density at radius 2 is 2.18 bits per heavy atom. The van der Waals surface area contributed by atoms with Gasteiger partial charge in [0.05, 0.1) is 0 Å². The van der Waals surface area contributed by atoms with E-state index in [1.807, 2.05) is 6.92 Å². The predicted molar refractivity (Wildman–Crippen MR) is 63.0 cm³/mol. The van der Waals surface area contributed by atoms with Crippen LogP contribution >= 0.6 is 0 Å². The van der Waals surface area contributed by atoms with Crippen molar-refractivity contribution >= 4 is 12.1 Å².